The highest BCUT2D eigenvalue weighted by Crippen LogP contribution is 2.48. The lowest BCUT2D eigenvalue weighted by atomic mass is 9.76. The third-order valence-corrected chi connectivity index (χ3v) is 11.5. The van der Waals surface area contributed by atoms with Crippen molar-refractivity contribution in [3.63, 3.8) is 0 Å². The van der Waals surface area contributed by atoms with E-state index in [0.29, 0.717) is 24.8 Å². The normalized spacial score (nSPS) is 15.0. The van der Waals surface area contributed by atoms with Gasteiger partial charge in [0.25, 0.3) is 0 Å². The number of hydrogen-bond donors (Lipinski definition) is 0. The molecule has 6 nitrogen and oxygen atoms in total. The molecule has 20 heteroatoms. The summed E-state index contributed by atoms with van der Waals surface area (Å²) in [5.41, 5.74) is -2.25. The van der Waals surface area contributed by atoms with Gasteiger partial charge in [0.15, 0.2) is 6.61 Å². The van der Waals surface area contributed by atoms with Crippen LogP contribution >= 0.6 is 56.9 Å². The van der Waals surface area contributed by atoms with Crippen molar-refractivity contribution in [3.05, 3.63) is 53.6 Å². The van der Waals surface area contributed by atoms with Gasteiger partial charge in [0.2, 0.25) is 0 Å². The zero-order valence-electron chi connectivity index (χ0n) is 30.8. The minimum absolute atomic E-state index is 0.0529. The first kappa shape index (κ1) is 48.7. The Bertz CT molecular complexity index is 1810. The standard InChI is InChI=1S/C36H39F11I2O6S/c1-7-8-9-10-21-11-14-24(25(15-21)34(41,42)43)27-16-22-12-13-23(17-26(22)52-27)56-20-33(39,40)54-36(46,47)55-35(44,45)53-32(37,38)19-51-28(50)30(4,5)31(6,49)18-29(2,3)48/h11-17H,7-10,18-20H2,1-6H3. The summed E-state index contributed by atoms with van der Waals surface area (Å²) in [5.74, 6) is -3.10. The van der Waals surface area contributed by atoms with Crippen molar-refractivity contribution in [1.29, 1.82) is 0 Å². The number of fused-ring (bicyclic) bond motifs is 1. The zero-order chi connectivity index (χ0) is 42.8. The summed E-state index contributed by atoms with van der Waals surface area (Å²) in [6, 6.07) is 8.77. The van der Waals surface area contributed by atoms with Crippen LogP contribution in [-0.4, -0.2) is 50.0 Å². The first-order valence-electron chi connectivity index (χ1n) is 16.8. The first-order chi connectivity index (χ1) is 25.3. The lowest BCUT2D eigenvalue weighted by molar-refractivity contribution is -0.572. The van der Waals surface area contributed by atoms with Crippen LogP contribution in [-0.2, 0) is 36.3 Å². The molecule has 2 aromatic carbocycles. The second kappa shape index (κ2) is 17.9. The van der Waals surface area contributed by atoms with E-state index in [4.69, 9.17) is 4.42 Å². The van der Waals surface area contributed by atoms with Crippen LogP contribution in [0.4, 0.5) is 48.3 Å². The molecule has 0 aliphatic heterocycles. The molecule has 316 valence electrons. The third kappa shape index (κ3) is 14.3. The van der Waals surface area contributed by atoms with Crippen molar-refractivity contribution >= 4 is 73.9 Å². The molecule has 0 radical (unpaired) electrons. The van der Waals surface area contributed by atoms with E-state index in [9.17, 15) is 53.1 Å². The zero-order valence-corrected chi connectivity index (χ0v) is 35.9. The molecule has 0 saturated heterocycles. The highest BCUT2D eigenvalue weighted by atomic mass is 127. The molecule has 1 atom stereocenters. The van der Waals surface area contributed by atoms with Crippen LogP contribution in [0.5, 0.6) is 0 Å². The molecule has 0 N–H and O–H groups in total. The number of esters is 1. The summed E-state index contributed by atoms with van der Waals surface area (Å²) in [6.45, 7) is 7.87. The predicted molar refractivity (Wildman–Crippen MR) is 204 cm³/mol. The summed E-state index contributed by atoms with van der Waals surface area (Å²) in [7, 11) is 0. The van der Waals surface area contributed by atoms with Gasteiger partial charge in [-0.15, -0.1) is 29.3 Å². The average Bonchev–Trinajstić information content (AvgIpc) is 3.43. The van der Waals surface area contributed by atoms with Gasteiger partial charge in [0, 0.05) is 22.7 Å². The Balaban J connectivity index is 1.64. The van der Waals surface area contributed by atoms with E-state index < -0.39 is 63.7 Å². The molecule has 3 rings (SSSR count). The minimum atomic E-state index is -5.94. The van der Waals surface area contributed by atoms with E-state index >= 15 is 0 Å². The fraction of sp³-hybridized carbons (Fsp3) is 0.583. The molecule has 1 aromatic heterocycles. The van der Waals surface area contributed by atoms with E-state index in [-0.39, 0.29) is 42.4 Å². The number of furan rings is 1. The van der Waals surface area contributed by atoms with Gasteiger partial charge < -0.3 is 9.15 Å². The van der Waals surface area contributed by atoms with Crippen molar-refractivity contribution in [3.8, 4) is 11.3 Å². The van der Waals surface area contributed by atoms with Crippen LogP contribution in [0.25, 0.3) is 22.3 Å². The Morgan fingerprint density at radius 1 is 0.768 bits per heavy atom. The SMILES string of the molecule is CCCCCc1ccc(-c2cc3ccc(SCC(F)(F)OC(F)(F)OC(F)(F)OC(F)(F)COC(=O)C(C)(C)C(C)(I)CC(C)(C)I)cc3o2)c(C(F)(F)F)c1. The highest BCUT2D eigenvalue weighted by molar-refractivity contribution is 14.1. The van der Waals surface area contributed by atoms with E-state index in [0.717, 1.165) is 25.0 Å². The van der Waals surface area contributed by atoms with Gasteiger partial charge in [-0.05, 0) is 75.9 Å². The van der Waals surface area contributed by atoms with E-state index in [1.54, 1.807) is 6.92 Å². The maximum atomic E-state index is 14.4. The predicted octanol–water partition coefficient (Wildman–Crippen LogP) is 13.6. The molecule has 1 heterocycles. The Morgan fingerprint density at radius 3 is 1.95 bits per heavy atom. The van der Waals surface area contributed by atoms with Crippen LogP contribution < -0.4 is 0 Å². The first-order valence-corrected chi connectivity index (χ1v) is 20.0. The van der Waals surface area contributed by atoms with E-state index in [2.05, 4.69) is 41.5 Å². The van der Waals surface area contributed by atoms with Crippen molar-refractivity contribution in [2.24, 2.45) is 5.41 Å². The smallest absolute Gasteiger partial charge is 0.456 e. The fourth-order valence-electron chi connectivity index (χ4n) is 5.32. The molecular weight excluding hydrogens is 1020 g/mol. The average molecular weight is 1060 g/mol. The van der Waals surface area contributed by atoms with Gasteiger partial charge in [-0.25, -0.2) is 14.2 Å². The third-order valence-electron chi connectivity index (χ3n) is 8.33. The fourth-order valence-corrected chi connectivity index (χ4v) is 8.73. The monoisotopic (exact) mass is 1060 g/mol. The molecule has 0 saturated carbocycles. The van der Waals surface area contributed by atoms with Crippen molar-refractivity contribution in [2.75, 3.05) is 12.4 Å². The Kier molecular flexibility index (Phi) is 15.6. The number of unbranched alkanes of at least 4 members (excludes halogenated alkanes) is 2. The summed E-state index contributed by atoms with van der Waals surface area (Å²) < 4.78 is 173. The maximum Gasteiger partial charge on any atom is 0.496 e. The number of aryl methyl sites for hydroxylation is 1. The highest BCUT2D eigenvalue weighted by Gasteiger charge is 2.57. The molecule has 0 aliphatic carbocycles. The van der Waals surface area contributed by atoms with Gasteiger partial charge in [-0.1, -0.05) is 90.9 Å². The number of hydrogen-bond acceptors (Lipinski definition) is 7. The molecule has 0 spiro atoms. The summed E-state index contributed by atoms with van der Waals surface area (Å²) >= 11 is 4.19. The topological polar surface area (TPSA) is 67.1 Å². The minimum Gasteiger partial charge on any atom is -0.456 e. The van der Waals surface area contributed by atoms with Crippen molar-refractivity contribution < 1.29 is 76.5 Å². The largest absolute Gasteiger partial charge is 0.496 e. The van der Waals surface area contributed by atoms with Crippen LogP contribution in [0.1, 0.15) is 78.4 Å². The number of benzene rings is 2. The van der Waals surface area contributed by atoms with Gasteiger partial charge in [-0.2, -0.15) is 30.7 Å². The summed E-state index contributed by atoms with van der Waals surface area (Å²) in [6.07, 6.45) is -23.4. The van der Waals surface area contributed by atoms with Gasteiger partial charge in [0.1, 0.15) is 11.3 Å². The van der Waals surface area contributed by atoms with Crippen LogP contribution in [0.3, 0.4) is 0 Å². The second-order valence-corrected chi connectivity index (χ2v) is 20.6. The lowest BCUT2D eigenvalue weighted by Crippen LogP contribution is -2.48. The Hall–Kier alpha value is -1.63. The molecule has 3 aromatic rings. The summed E-state index contributed by atoms with van der Waals surface area (Å²) in [5, 5.41) is 0.272. The van der Waals surface area contributed by atoms with Crippen molar-refractivity contribution in [1.82, 2.24) is 0 Å². The quantitative estimate of drug-likeness (QED) is 0.0212. The van der Waals surface area contributed by atoms with Gasteiger partial charge in [0.05, 0.1) is 16.7 Å². The molecule has 56 heavy (non-hydrogen) atoms. The number of halogens is 13. The number of carbonyl (C=O) groups excluding carboxylic acids is 1. The molecular formula is C36H39F11I2O6S. The molecule has 0 fully saturated rings. The lowest BCUT2D eigenvalue weighted by Gasteiger charge is -2.41. The van der Waals surface area contributed by atoms with Crippen LogP contribution in [0.2, 0.25) is 0 Å². The van der Waals surface area contributed by atoms with Gasteiger partial charge >= 0.3 is 37.0 Å². The number of carbonyl (C=O) groups is 1. The molecule has 0 aliphatic rings. The van der Waals surface area contributed by atoms with Crippen LogP contribution in [0.15, 0.2) is 51.8 Å². The molecule has 0 bridgehead atoms. The van der Waals surface area contributed by atoms with E-state index in [1.165, 1.54) is 44.2 Å². The van der Waals surface area contributed by atoms with Crippen LogP contribution in [0, 0.1) is 5.41 Å². The Morgan fingerprint density at radius 2 is 1.38 bits per heavy atom. The number of alkyl halides is 13. The number of ether oxygens (including phenoxy) is 4. The van der Waals surface area contributed by atoms with Crippen molar-refractivity contribution in [2.45, 2.75) is 116 Å². The van der Waals surface area contributed by atoms with E-state index in [1.807, 2.05) is 43.4 Å². The molecule has 1 unspecified atom stereocenters. The number of rotatable bonds is 20. The maximum absolute atomic E-state index is 14.4. The summed E-state index contributed by atoms with van der Waals surface area (Å²) in [4.78, 5) is 12.6. The number of thioether (sulfide) groups is 1. The Labute approximate surface area is 347 Å². The second-order valence-electron chi connectivity index (χ2n) is 14.2. The van der Waals surface area contributed by atoms with Gasteiger partial charge in [-0.3, -0.25) is 4.79 Å². The molecule has 0 amide bonds.